The van der Waals surface area contributed by atoms with Crippen molar-refractivity contribution in [1.82, 2.24) is 5.32 Å². The first-order valence-electron chi connectivity index (χ1n) is 8.39. The van der Waals surface area contributed by atoms with Crippen LogP contribution < -0.4 is 10.1 Å². The second-order valence-corrected chi connectivity index (χ2v) is 9.13. The Kier molecular flexibility index (Phi) is 6.08. The van der Waals surface area contributed by atoms with Gasteiger partial charge in [-0.2, -0.15) is 0 Å². The molecule has 2 rings (SSSR count). The zero-order valence-corrected chi connectivity index (χ0v) is 16.4. The van der Waals surface area contributed by atoms with Crippen LogP contribution in [0.1, 0.15) is 36.7 Å². The van der Waals surface area contributed by atoms with Crippen molar-refractivity contribution in [3.05, 3.63) is 59.7 Å². The summed E-state index contributed by atoms with van der Waals surface area (Å²) in [6.45, 7) is 7.01. The molecule has 0 saturated carbocycles. The number of carbonyl (C=O) groups excluding carboxylic acids is 1. The second kappa shape index (κ2) is 7.91. The highest BCUT2D eigenvalue weighted by molar-refractivity contribution is 7.90. The standard InChI is InChI=1S/C20H25NO4S/c1-20(2,3)15-9-11-16(12-10-15)25-14-13-21-19(22)17-7-5-6-8-18(17)26(4,23)24/h5-12H,13-14H2,1-4H3,(H,21,22). The van der Waals surface area contributed by atoms with Crippen molar-refractivity contribution in [2.75, 3.05) is 19.4 Å². The number of carbonyl (C=O) groups is 1. The molecule has 5 nitrogen and oxygen atoms in total. The molecule has 0 spiro atoms. The van der Waals surface area contributed by atoms with Crippen molar-refractivity contribution in [3.63, 3.8) is 0 Å². The summed E-state index contributed by atoms with van der Waals surface area (Å²) in [5.41, 5.74) is 1.44. The van der Waals surface area contributed by atoms with E-state index in [2.05, 4.69) is 26.1 Å². The highest BCUT2D eigenvalue weighted by atomic mass is 32.2. The molecule has 0 aliphatic heterocycles. The predicted octanol–water partition coefficient (Wildman–Crippen LogP) is 3.20. The first kappa shape index (κ1) is 20.0. The summed E-state index contributed by atoms with van der Waals surface area (Å²) in [4.78, 5) is 12.3. The van der Waals surface area contributed by atoms with E-state index in [9.17, 15) is 13.2 Å². The molecule has 0 saturated heterocycles. The molecule has 0 atom stereocenters. The number of benzene rings is 2. The molecule has 6 heteroatoms. The van der Waals surface area contributed by atoms with Gasteiger partial charge in [-0.05, 0) is 35.2 Å². The molecule has 1 amide bonds. The van der Waals surface area contributed by atoms with Crippen LogP contribution in [0.4, 0.5) is 0 Å². The fraction of sp³-hybridized carbons (Fsp3) is 0.350. The maximum atomic E-state index is 12.2. The molecule has 0 unspecified atom stereocenters. The van der Waals surface area contributed by atoms with Crippen molar-refractivity contribution in [2.45, 2.75) is 31.1 Å². The van der Waals surface area contributed by atoms with Crippen LogP contribution in [0.15, 0.2) is 53.4 Å². The third-order valence-corrected chi connectivity index (χ3v) is 5.06. The Morgan fingerprint density at radius 3 is 2.23 bits per heavy atom. The Morgan fingerprint density at radius 2 is 1.65 bits per heavy atom. The van der Waals surface area contributed by atoms with Gasteiger partial charge in [-0.25, -0.2) is 8.42 Å². The summed E-state index contributed by atoms with van der Waals surface area (Å²) in [6.07, 6.45) is 1.09. The van der Waals surface area contributed by atoms with Crippen LogP contribution in [0.25, 0.3) is 0 Å². The zero-order chi connectivity index (χ0) is 19.4. The van der Waals surface area contributed by atoms with Crippen LogP contribution >= 0.6 is 0 Å². The van der Waals surface area contributed by atoms with E-state index in [1.807, 2.05) is 24.3 Å². The van der Waals surface area contributed by atoms with Crippen molar-refractivity contribution in [1.29, 1.82) is 0 Å². The van der Waals surface area contributed by atoms with Crippen LogP contribution in [0.5, 0.6) is 5.75 Å². The molecule has 0 aliphatic carbocycles. The lowest BCUT2D eigenvalue weighted by molar-refractivity contribution is 0.0943. The van der Waals surface area contributed by atoms with Gasteiger partial charge in [0.05, 0.1) is 17.0 Å². The van der Waals surface area contributed by atoms with Gasteiger partial charge in [-0.3, -0.25) is 4.79 Å². The molecule has 1 N–H and O–H groups in total. The largest absolute Gasteiger partial charge is 0.492 e. The highest BCUT2D eigenvalue weighted by Gasteiger charge is 2.17. The van der Waals surface area contributed by atoms with Gasteiger partial charge in [0.15, 0.2) is 9.84 Å². The van der Waals surface area contributed by atoms with Gasteiger partial charge < -0.3 is 10.1 Å². The maximum absolute atomic E-state index is 12.2. The van der Waals surface area contributed by atoms with E-state index < -0.39 is 15.7 Å². The molecule has 0 bridgehead atoms. The van der Waals surface area contributed by atoms with Crippen molar-refractivity contribution in [3.8, 4) is 5.75 Å². The van der Waals surface area contributed by atoms with E-state index in [1.165, 1.54) is 17.7 Å². The third kappa shape index (κ3) is 5.33. The lowest BCUT2D eigenvalue weighted by atomic mass is 9.87. The molecule has 2 aromatic rings. The lowest BCUT2D eigenvalue weighted by Gasteiger charge is -2.19. The predicted molar refractivity (Wildman–Crippen MR) is 103 cm³/mol. The molecule has 2 aromatic carbocycles. The van der Waals surface area contributed by atoms with Gasteiger partial charge in [0.1, 0.15) is 12.4 Å². The van der Waals surface area contributed by atoms with Crippen LogP contribution in [0.3, 0.4) is 0 Å². The minimum atomic E-state index is -3.46. The van der Waals surface area contributed by atoms with Crippen LogP contribution in [0.2, 0.25) is 0 Å². The zero-order valence-electron chi connectivity index (χ0n) is 15.6. The average Bonchev–Trinajstić information content (AvgIpc) is 2.57. The van der Waals surface area contributed by atoms with E-state index in [4.69, 9.17) is 4.74 Å². The van der Waals surface area contributed by atoms with Crippen LogP contribution in [-0.4, -0.2) is 33.7 Å². The van der Waals surface area contributed by atoms with E-state index in [0.29, 0.717) is 6.61 Å². The number of hydrogen-bond acceptors (Lipinski definition) is 4. The Bertz CT molecular complexity index is 865. The average molecular weight is 375 g/mol. The minimum Gasteiger partial charge on any atom is -0.492 e. The summed E-state index contributed by atoms with van der Waals surface area (Å²) >= 11 is 0. The normalized spacial score (nSPS) is 11.8. The third-order valence-electron chi connectivity index (χ3n) is 3.91. The molecular formula is C20H25NO4S. The lowest BCUT2D eigenvalue weighted by Crippen LogP contribution is -2.29. The fourth-order valence-electron chi connectivity index (χ4n) is 2.46. The Balaban J connectivity index is 1.90. The van der Waals surface area contributed by atoms with E-state index in [1.54, 1.807) is 12.1 Å². The summed E-state index contributed by atoms with van der Waals surface area (Å²) in [6, 6.07) is 14.0. The first-order valence-corrected chi connectivity index (χ1v) is 10.3. The van der Waals surface area contributed by atoms with E-state index in [-0.39, 0.29) is 22.4 Å². The maximum Gasteiger partial charge on any atom is 0.252 e. The number of ether oxygens (including phenoxy) is 1. The van der Waals surface area contributed by atoms with Crippen molar-refractivity contribution >= 4 is 15.7 Å². The van der Waals surface area contributed by atoms with Gasteiger partial charge in [-0.1, -0.05) is 45.0 Å². The Labute approximate surface area is 155 Å². The molecule has 0 aliphatic rings. The van der Waals surface area contributed by atoms with Crippen LogP contribution in [0, 0.1) is 0 Å². The summed E-state index contributed by atoms with van der Waals surface area (Å²) < 4.78 is 29.2. The molecule has 0 radical (unpaired) electrons. The number of amides is 1. The molecule has 0 heterocycles. The quantitative estimate of drug-likeness (QED) is 0.787. The molecule has 140 valence electrons. The number of nitrogens with one attached hydrogen (secondary N) is 1. The second-order valence-electron chi connectivity index (χ2n) is 7.15. The fourth-order valence-corrected chi connectivity index (χ4v) is 3.34. The smallest absolute Gasteiger partial charge is 0.252 e. The SMILES string of the molecule is CC(C)(C)c1ccc(OCCNC(=O)c2ccccc2S(C)(=O)=O)cc1. The number of sulfone groups is 1. The monoisotopic (exact) mass is 375 g/mol. The highest BCUT2D eigenvalue weighted by Crippen LogP contribution is 2.24. The number of hydrogen-bond donors (Lipinski definition) is 1. The molecular weight excluding hydrogens is 350 g/mol. The van der Waals surface area contributed by atoms with Crippen molar-refractivity contribution < 1.29 is 17.9 Å². The van der Waals surface area contributed by atoms with Gasteiger partial charge in [0.25, 0.3) is 5.91 Å². The van der Waals surface area contributed by atoms with E-state index >= 15 is 0 Å². The topological polar surface area (TPSA) is 72.5 Å². The van der Waals surface area contributed by atoms with Gasteiger partial charge in [0, 0.05) is 6.26 Å². The first-order chi connectivity index (χ1) is 12.1. The van der Waals surface area contributed by atoms with Crippen molar-refractivity contribution in [2.24, 2.45) is 0 Å². The minimum absolute atomic E-state index is 0.0242. The number of rotatable bonds is 6. The Hall–Kier alpha value is -2.34. The van der Waals surface area contributed by atoms with Crippen LogP contribution in [-0.2, 0) is 15.3 Å². The molecule has 0 fully saturated rings. The molecule has 26 heavy (non-hydrogen) atoms. The molecule has 0 aromatic heterocycles. The van der Waals surface area contributed by atoms with Gasteiger partial charge in [-0.15, -0.1) is 0 Å². The van der Waals surface area contributed by atoms with Gasteiger partial charge in [0.2, 0.25) is 0 Å². The van der Waals surface area contributed by atoms with E-state index in [0.717, 1.165) is 12.0 Å². The Morgan fingerprint density at radius 1 is 1.04 bits per heavy atom. The summed E-state index contributed by atoms with van der Waals surface area (Å²) in [5, 5.41) is 2.69. The summed E-state index contributed by atoms with van der Waals surface area (Å²) in [5.74, 6) is 0.293. The summed E-state index contributed by atoms with van der Waals surface area (Å²) in [7, 11) is -3.46. The van der Waals surface area contributed by atoms with Gasteiger partial charge >= 0.3 is 0 Å².